The highest BCUT2D eigenvalue weighted by Crippen LogP contribution is 2.40. The molecular weight excluding hydrogens is 304 g/mol. The van der Waals surface area contributed by atoms with Crippen LogP contribution in [0.5, 0.6) is 0 Å². The average Bonchev–Trinajstić information content (AvgIpc) is 3.13. The van der Waals surface area contributed by atoms with Crippen molar-refractivity contribution in [2.75, 3.05) is 5.32 Å². The molecule has 1 N–H and O–H groups in total. The summed E-state index contributed by atoms with van der Waals surface area (Å²) in [6.07, 6.45) is 4.96. The molecule has 3 aromatic rings. The summed E-state index contributed by atoms with van der Waals surface area (Å²) < 4.78 is 1.71. The van der Waals surface area contributed by atoms with Crippen molar-refractivity contribution in [2.24, 2.45) is 0 Å². The molecule has 7 heteroatoms. The third kappa shape index (κ3) is 2.05. The fourth-order valence-electron chi connectivity index (χ4n) is 2.95. The van der Waals surface area contributed by atoms with Crippen LogP contribution in [-0.4, -0.2) is 25.7 Å². The van der Waals surface area contributed by atoms with Crippen molar-refractivity contribution in [1.82, 2.24) is 19.7 Å². The van der Waals surface area contributed by atoms with E-state index in [2.05, 4.69) is 31.8 Å². The number of nitrogens with zero attached hydrogens (tertiary/aromatic N) is 5. The van der Waals surface area contributed by atoms with Gasteiger partial charge in [-0.3, -0.25) is 9.48 Å². The molecule has 0 radical (unpaired) electrons. The third-order valence-electron chi connectivity index (χ3n) is 3.98. The van der Waals surface area contributed by atoms with E-state index in [9.17, 15) is 4.79 Å². The molecule has 1 aromatic carbocycles. The topological polar surface area (TPSA) is 77.1 Å². The maximum atomic E-state index is 12.5. The number of amides is 1. The van der Waals surface area contributed by atoms with Gasteiger partial charge in [0.05, 0.1) is 24.2 Å². The summed E-state index contributed by atoms with van der Waals surface area (Å²) in [5, 5.41) is 7.93. The molecular formula is C17H12N6O. The zero-order chi connectivity index (χ0) is 16.7. The minimum Gasteiger partial charge on any atom is -0.325 e. The van der Waals surface area contributed by atoms with E-state index in [1.54, 1.807) is 29.0 Å². The van der Waals surface area contributed by atoms with E-state index in [0.717, 1.165) is 10.9 Å². The van der Waals surface area contributed by atoms with E-state index in [-0.39, 0.29) is 5.91 Å². The molecule has 1 aliphatic rings. The van der Waals surface area contributed by atoms with Crippen molar-refractivity contribution in [3.8, 4) is 0 Å². The number of aromatic nitrogens is 4. The van der Waals surface area contributed by atoms with E-state index in [0.29, 0.717) is 29.3 Å². The van der Waals surface area contributed by atoms with Crippen molar-refractivity contribution < 1.29 is 4.79 Å². The molecule has 7 nitrogen and oxygen atoms in total. The highest BCUT2D eigenvalue weighted by atomic mass is 16.2. The molecule has 0 aliphatic carbocycles. The van der Waals surface area contributed by atoms with Crippen LogP contribution < -0.4 is 5.32 Å². The predicted molar refractivity (Wildman–Crippen MR) is 88.7 cm³/mol. The first kappa shape index (κ1) is 14.1. The van der Waals surface area contributed by atoms with E-state index >= 15 is 0 Å². The molecule has 1 aliphatic heterocycles. The van der Waals surface area contributed by atoms with Gasteiger partial charge in [0, 0.05) is 11.9 Å². The Hall–Kier alpha value is -3.53. The first-order valence-corrected chi connectivity index (χ1v) is 7.32. The van der Waals surface area contributed by atoms with Gasteiger partial charge < -0.3 is 5.32 Å². The molecule has 4 rings (SSSR count). The normalized spacial score (nSPS) is 15.8. The second-order valence-electron chi connectivity index (χ2n) is 5.44. The van der Waals surface area contributed by atoms with Crippen LogP contribution in [0.1, 0.15) is 17.2 Å². The van der Waals surface area contributed by atoms with Crippen LogP contribution in [0.25, 0.3) is 15.9 Å². The Bertz CT molecular complexity index is 1030. The van der Waals surface area contributed by atoms with Crippen molar-refractivity contribution in [3.63, 3.8) is 0 Å². The van der Waals surface area contributed by atoms with Crippen molar-refractivity contribution in [3.05, 3.63) is 66.1 Å². The molecule has 1 unspecified atom stereocenters. The zero-order valence-electron chi connectivity index (χ0n) is 12.6. The lowest BCUT2D eigenvalue weighted by Crippen LogP contribution is -2.14. The Labute approximate surface area is 137 Å². The number of fused-ring (bicyclic) bond motifs is 2. The maximum Gasteiger partial charge on any atom is 0.238 e. The van der Waals surface area contributed by atoms with Gasteiger partial charge in [-0.1, -0.05) is 18.2 Å². The van der Waals surface area contributed by atoms with Crippen LogP contribution in [0.4, 0.5) is 11.4 Å². The summed E-state index contributed by atoms with van der Waals surface area (Å²) in [6, 6.07) is 5.17. The van der Waals surface area contributed by atoms with Gasteiger partial charge >= 0.3 is 0 Å². The fraction of sp³-hybridized carbons (Fsp3) is 0.118. The maximum absolute atomic E-state index is 12.5. The van der Waals surface area contributed by atoms with Crippen LogP contribution >= 0.6 is 0 Å². The number of carbonyl (C=O) groups excluding carboxylic acids is 1. The fourth-order valence-corrected chi connectivity index (χ4v) is 2.95. The Kier molecular flexibility index (Phi) is 3.10. The molecule has 0 spiro atoms. The molecule has 1 amide bonds. The summed E-state index contributed by atoms with van der Waals surface area (Å²) in [4.78, 5) is 24.5. The zero-order valence-corrected chi connectivity index (χ0v) is 12.6. The SMILES string of the molecule is [C-]#[N+]c1ccc2c(c1)C(c1ncnc3nn(CC=C)cc13)C(=O)N2. The highest BCUT2D eigenvalue weighted by molar-refractivity contribution is 6.06. The molecule has 3 heterocycles. The number of rotatable bonds is 3. The second-order valence-corrected chi connectivity index (χ2v) is 5.44. The smallest absolute Gasteiger partial charge is 0.238 e. The summed E-state index contributed by atoms with van der Waals surface area (Å²) >= 11 is 0. The lowest BCUT2D eigenvalue weighted by molar-refractivity contribution is -0.116. The first-order valence-electron chi connectivity index (χ1n) is 7.32. The molecule has 0 saturated carbocycles. The molecule has 0 saturated heterocycles. The van der Waals surface area contributed by atoms with Gasteiger partial charge in [-0.2, -0.15) is 5.10 Å². The van der Waals surface area contributed by atoms with Crippen LogP contribution in [-0.2, 0) is 11.3 Å². The lowest BCUT2D eigenvalue weighted by atomic mass is 9.95. The minimum absolute atomic E-state index is 0.163. The largest absolute Gasteiger partial charge is 0.325 e. The Morgan fingerprint density at radius 2 is 2.29 bits per heavy atom. The quantitative estimate of drug-likeness (QED) is 0.595. The second kappa shape index (κ2) is 5.28. The van der Waals surface area contributed by atoms with Crippen LogP contribution in [0.15, 0.2) is 43.4 Å². The number of allylic oxidation sites excluding steroid dienone is 1. The standard InChI is InChI=1S/C17H12N6O/c1-3-6-23-8-12-15(19-9-20-16(12)22-23)14-11-7-10(18-2)4-5-13(11)21-17(14)24/h3-5,7-9,14H,1,6H2,(H,21,24). The molecule has 0 fully saturated rings. The van der Waals surface area contributed by atoms with E-state index in [1.165, 1.54) is 6.33 Å². The Morgan fingerprint density at radius 3 is 3.08 bits per heavy atom. The van der Waals surface area contributed by atoms with Crippen molar-refractivity contribution in [1.29, 1.82) is 0 Å². The van der Waals surface area contributed by atoms with Crippen LogP contribution in [0.3, 0.4) is 0 Å². The summed E-state index contributed by atoms with van der Waals surface area (Å²) in [5.41, 5.74) is 3.08. The van der Waals surface area contributed by atoms with Gasteiger partial charge in [0.2, 0.25) is 5.91 Å². The molecule has 0 bridgehead atoms. The van der Waals surface area contributed by atoms with Gasteiger partial charge in [0.1, 0.15) is 12.2 Å². The monoisotopic (exact) mass is 316 g/mol. The Morgan fingerprint density at radius 1 is 1.42 bits per heavy atom. The number of benzene rings is 1. The lowest BCUT2D eigenvalue weighted by Gasteiger charge is -2.09. The third-order valence-corrected chi connectivity index (χ3v) is 3.98. The van der Waals surface area contributed by atoms with Gasteiger partial charge in [0.15, 0.2) is 11.3 Å². The van der Waals surface area contributed by atoms with Gasteiger partial charge in [-0.25, -0.2) is 14.8 Å². The highest BCUT2D eigenvalue weighted by Gasteiger charge is 2.34. The summed E-state index contributed by atoms with van der Waals surface area (Å²) in [6.45, 7) is 11.4. The van der Waals surface area contributed by atoms with Crippen LogP contribution in [0.2, 0.25) is 0 Å². The van der Waals surface area contributed by atoms with Crippen molar-refractivity contribution >= 4 is 28.3 Å². The molecule has 2 aromatic heterocycles. The van der Waals surface area contributed by atoms with Crippen molar-refractivity contribution in [2.45, 2.75) is 12.5 Å². The van der Waals surface area contributed by atoms with Gasteiger partial charge in [-0.15, -0.1) is 6.58 Å². The first-order chi connectivity index (χ1) is 11.7. The van der Waals surface area contributed by atoms with E-state index in [1.807, 2.05) is 6.20 Å². The van der Waals surface area contributed by atoms with Gasteiger partial charge in [-0.05, 0) is 11.6 Å². The number of hydrogen-bond acceptors (Lipinski definition) is 4. The minimum atomic E-state index is -0.575. The predicted octanol–water partition coefficient (Wildman–Crippen LogP) is 2.65. The van der Waals surface area contributed by atoms with Gasteiger partial charge in [0.25, 0.3) is 0 Å². The van der Waals surface area contributed by atoms with E-state index < -0.39 is 5.92 Å². The number of hydrogen-bond donors (Lipinski definition) is 1. The molecule has 1 atom stereocenters. The van der Waals surface area contributed by atoms with E-state index in [4.69, 9.17) is 6.57 Å². The Balaban J connectivity index is 1.91. The number of nitrogens with one attached hydrogen (secondary N) is 1. The summed E-state index contributed by atoms with van der Waals surface area (Å²) in [7, 11) is 0. The average molecular weight is 316 g/mol. The number of anilines is 1. The summed E-state index contributed by atoms with van der Waals surface area (Å²) in [5.74, 6) is -0.739. The van der Waals surface area contributed by atoms with Crippen LogP contribution in [0, 0.1) is 6.57 Å². The molecule has 24 heavy (non-hydrogen) atoms. The number of carbonyl (C=O) groups is 1. The molecule has 116 valence electrons.